The summed E-state index contributed by atoms with van der Waals surface area (Å²) >= 11 is 0. The number of fused-ring (bicyclic) bond motifs is 1. The van der Waals surface area contributed by atoms with Gasteiger partial charge in [0, 0.05) is 24.9 Å². The maximum atomic E-state index is 13.4. The first-order valence-corrected chi connectivity index (χ1v) is 9.86. The van der Waals surface area contributed by atoms with Crippen LogP contribution in [-0.4, -0.2) is 48.8 Å². The quantitative estimate of drug-likeness (QED) is 0.596. The topological polar surface area (TPSA) is 40.6 Å². The number of amides is 2. The standard InChI is InChI=1S/C24H26N2O2/c1-25(2)15-16-26-23(27)21-19(17-9-5-3-6-10-17)13-14-20(22(21)24(26)28)18-11-7-4-8-12-18/h3-14,19-22H,15-16H2,1-2H3/t19-,20-,21-,22+/m0/s1. The van der Waals surface area contributed by atoms with E-state index in [4.69, 9.17) is 0 Å². The van der Waals surface area contributed by atoms with Crippen molar-refractivity contribution in [3.8, 4) is 0 Å². The lowest BCUT2D eigenvalue weighted by molar-refractivity contribution is -0.140. The van der Waals surface area contributed by atoms with Crippen LogP contribution in [0.5, 0.6) is 0 Å². The molecular formula is C24H26N2O2. The minimum atomic E-state index is -0.340. The molecule has 2 aliphatic rings. The molecule has 0 saturated carbocycles. The maximum absolute atomic E-state index is 13.4. The number of hydrogen-bond acceptors (Lipinski definition) is 3. The molecule has 2 amide bonds. The Hall–Kier alpha value is -2.72. The summed E-state index contributed by atoms with van der Waals surface area (Å²) < 4.78 is 0. The second-order valence-electron chi connectivity index (χ2n) is 7.94. The summed E-state index contributed by atoms with van der Waals surface area (Å²) in [5.41, 5.74) is 2.19. The van der Waals surface area contributed by atoms with Crippen molar-refractivity contribution in [2.75, 3.05) is 27.2 Å². The predicted octanol–water partition coefficient (Wildman–Crippen LogP) is 3.29. The average molecular weight is 374 g/mol. The van der Waals surface area contributed by atoms with Gasteiger partial charge in [-0.1, -0.05) is 72.8 Å². The molecule has 1 aliphatic carbocycles. The molecule has 2 aromatic rings. The monoisotopic (exact) mass is 374 g/mol. The first kappa shape index (κ1) is 18.6. The molecular weight excluding hydrogens is 348 g/mol. The molecule has 4 rings (SSSR count). The number of imide groups is 1. The van der Waals surface area contributed by atoms with Crippen LogP contribution >= 0.6 is 0 Å². The van der Waals surface area contributed by atoms with Crippen LogP contribution in [0.3, 0.4) is 0 Å². The molecule has 1 saturated heterocycles. The average Bonchev–Trinajstić information content (AvgIpc) is 2.98. The van der Waals surface area contributed by atoms with Crippen molar-refractivity contribution in [2.45, 2.75) is 11.8 Å². The zero-order valence-corrected chi connectivity index (χ0v) is 16.4. The molecule has 0 unspecified atom stereocenters. The highest BCUT2D eigenvalue weighted by Crippen LogP contribution is 2.49. The Morgan fingerprint density at radius 1 is 0.750 bits per heavy atom. The highest BCUT2D eigenvalue weighted by atomic mass is 16.2. The molecule has 4 nitrogen and oxygen atoms in total. The van der Waals surface area contributed by atoms with Crippen LogP contribution in [0.1, 0.15) is 23.0 Å². The number of likely N-dealkylation sites (N-methyl/N-ethyl adjacent to an activating group) is 1. The van der Waals surface area contributed by atoms with Gasteiger partial charge in [0.25, 0.3) is 0 Å². The molecule has 4 heteroatoms. The molecule has 0 bridgehead atoms. The lowest BCUT2D eigenvalue weighted by Gasteiger charge is -2.32. The maximum Gasteiger partial charge on any atom is 0.234 e. The van der Waals surface area contributed by atoms with Gasteiger partial charge in [-0.2, -0.15) is 0 Å². The van der Waals surface area contributed by atoms with Crippen LogP contribution in [0.25, 0.3) is 0 Å². The van der Waals surface area contributed by atoms with Gasteiger partial charge >= 0.3 is 0 Å². The first-order chi connectivity index (χ1) is 13.6. The second kappa shape index (κ2) is 7.72. The van der Waals surface area contributed by atoms with Crippen LogP contribution in [0.15, 0.2) is 72.8 Å². The summed E-state index contributed by atoms with van der Waals surface area (Å²) in [7, 11) is 3.92. The van der Waals surface area contributed by atoms with Gasteiger partial charge in [0.15, 0.2) is 0 Å². The number of hydrogen-bond donors (Lipinski definition) is 0. The third kappa shape index (κ3) is 3.29. The third-order valence-electron chi connectivity index (χ3n) is 5.93. The molecule has 1 heterocycles. The van der Waals surface area contributed by atoms with E-state index in [1.807, 2.05) is 55.4 Å². The van der Waals surface area contributed by atoms with Crippen molar-refractivity contribution in [1.29, 1.82) is 0 Å². The van der Waals surface area contributed by atoms with Gasteiger partial charge in [-0.3, -0.25) is 14.5 Å². The summed E-state index contributed by atoms with van der Waals surface area (Å²) in [4.78, 5) is 30.3. The van der Waals surface area contributed by atoms with E-state index in [1.165, 1.54) is 4.90 Å². The van der Waals surface area contributed by atoms with E-state index in [2.05, 4.69) is 36.4 Å². The molecule has 1 aliphatic heterocycles. The number of rotatable bonds is 5. The van der Waals surface area contributed by atoms with Gasteiger partial charge in [0.1, 0.15) is 0 Å². The van der Waals surface area contributed by atoms with E-state index < -0.39 is 0 Å². The molecule has 1 fully saturated rings. The summed E-state index contributed by atoms with van der Waals surface area (Å²) in [5.74, 6) is -0.870. The van der Waals surface area contributed by atoms with Crippen LogP contribution in [0.2, 0.25) is 0 Å². The van der Waals surface area contributed by atoms with Crippen LogP contribution < -0.4 is 0 Å². The fourth-order valence-corrected chi connectivity index (χ4v) is 4.52. The van der Waals surface area contributed by atoms with Crippen molar-refractivity contribution < 1.29 is 9.59 Å². The Morgan fingerprint density at radius 3 is 1.57 bits per heavy atom. The van der Waals surface area contributed by atoms with Gasteiger partial charge in [-0.05, 0) is 25.2 Å². The van der Waals surface area contributed by atoms with Gasteiger partial charge < -0.3 is 4.90 Å². The van der Waals surface area contributed by atoms with E-state index in [-0.39, 0.29) is 35.5 Å². The largest absolute Gasteiger partial charge is 0.308 e. The zero-order valence-electron chi connectivity index (χ0n) is 16.4. The van der Waals surface area contributed by atoms with Crippen LogP contribution in [0, 0.1) is 11.8 Å². The number of carbonyl (C=O) groups is 2. The normalized spacial score (nSPS) is 26.8. The SMILES string of the molecule is CN(C)CCN1C(=O)[C@@H]2[C@H](C1=O)[C@H](c1ccccc1)C=C[C@H]2c1ccccc1. The van der Waals surface area contributed by atoms with Gasteiger partial charge in [0.05, 0.1) is 11.8 Å². The van der Waals surface area contributed by atoms with Gasteiger partial charge in [-0.25, -0.2) is 0 Å². The van der Waals surface area contributed by atoms with E-state index in [0.717, 1.165) is 11.1 Å². The van der Waals surface area contributed by atoms with Crippen molar-refractivity contribution in [3.05, 3.63) is 83.9 Å². The number of benzene rings is 2. The van der Waals surface area contributed by atoms with E-state index in [9.17, 15) is 9.59 Å². The van der Waals surface area contributed by atoms with E-state index in [1.54, 1.807) is 0 Å². The molecule has 2 aromatic carbocycles. The zero-order chi connectivity index (χ0) is 19.7. The second-order valence-corrected chi connectivity index (χ2v) is 7.94. The van der Waals surface area contributed by atoms with Crippen molar-refractivity contribution >= 4 is 11.8 Å². The molecule has 0 spiro atoms. The lowest BCUT2D eigenvalue weighted by atomic mass is 9.68. The molecule has 28 heavy (non-hydrogen) atoms. The van der Waals surface area contributed by atoms with Gasteiger partial charge in [0.2, 0.25) is 11.8 Å². The Balaban J connectivity index is 1.75. The smallest absolute Gasteiger partial charge is 0.234 e. The number of carbonyl (C=O) groups excluding carboxylic acids is 2. The summed E-state index contributed by atoms with van der Waals surface area (Å²) in [6.45, 7) is 1.12. The summed E-state index contributed by atoms with van der Waals surface area (Å²) in [6, 6.07) is 20.1. The van der Waals surface area contributed by atoms with Crippen molar-refractivity contribution in [2.24, 2.45) is 11.8 Å². The van der Waals surface area contributed by atoms with Crippen LogP contribution in [-0.2, 0) is 9.59 Å². The minimum Gasteiger partial charge on any atom is -0.308 e. The third-order valence-corrected chi connectivity index (χ3v) is 5.93. The Labute approximate surface area is 166 Å². The molecule has 144 valence electrons. The van der Waals surface area contributed by atoms with Crippen molar-refractivity contribution in [1.82, 2.24) is 9.80 Å². The molecule has 4 atom stereocenters. The Bertz CT molecular complexity index is 808. The number of allylic oxidation sites excluding steroid dienone is 2. The molecule has 0 aromatic heterocycles. The highest BCUT2D eigenvalue weighted by molar-refractivity contribution is 6.06. The van der Waals surface area contributed by atoms with Crippen molar-refractivity contribution in [3.63, 3.8) is 0 Å². The fraction of sp³-hybridized carbons (Fsp3) is 0.333. The van der Waals surface area contributed by atoms with E-state index >= 15 is 0 Å². The Morgan fingerprint density at radius 2 is 1.18 bits per heavy atom. The Kier molecular flexibility index (Phi) is 5.14. The minimum absolute atomic E-state index is 0.0315. The van der Waals surface area contributed by atoms with E-state index in [0.29, 0.717) is 13.1 Å². The first-order valence-electron chi connectivity index (χ1n) is 9.86. The number of nitrogens with zero attached hydrogens (tertiary/aromatic N) is 2. The van der Waals surface area contributed by atoms with Gasteiger partial charge in [-0.15, -0.1) is 0 Å². The lowest BCUT2D eigenvalue weighted by Crippen LogP contribution is -2.37. The molecule has 0 N–H and O–H groups in total. The summed E-state index contributed by atoms with van der Waals surface area (Å²) in [6.07, 6.45) is 4.27. The predicted molar refractivity (Wildman–Crippen MR) is 110 cm³/mol. The summed E-state index contributed by atoms with van der Waals surface area (Å²) in [5, 5.41) is 0. The molecule has 0 radical (unpaired) electrons. The highest BCUT2D eigenvalue weighted by Gasteiger charge is 2.54. The fourth-order valence-electron chi connectivity index (χ4n) is 4.52. The number of likely N-dealkylation sites (tertiary alicyclic amines) is 1. The van der Waals surface area contributed by atoms with Crippen LogP contribution in [0.4, 0.5) is 0 Å².